The minimum atomic E-state index is -0.159. The number of amides is 1. The molecule has 1 aliphatic heterocycles. The van der Waals surface area contributed by atoms with E-state index >= 15 is 0 Å². The van der Waals surface area contributed by atoms with Crippen LogP contribution in [0, 0.1) is 5.92 Å². The van der Waals surface area contributed by atoms with Gasteiger partial charge in [-0.15, -0.1) is 12.4 Å². The fraction of sp³-hybridized carbons (Fsp3) is 0.368. The van der Waals surface area contributed by atoms with Crippen molar-refractivity contribution in [3.05, 3.63) is 69.1 Å². The van der Waals surface area contributed by atoms with E-state index in [1.165, 1.54) is 10.6 Å². The maximum atomic E-state index is 12.4. The van der Waals surface area contributed by atoms with Gasteiger partial charge in [0.1, 0.15) is 0 Å². The topological polar surface area (TPSA) is 63.1 Å². The number of benzene rings is 1. The molecule has 140 valence electrons. The van der Waals surface area contributed by atoms with Gasteiger partial charge in [0.15, 0.2) is 0 Å². The summed E-state index contributed by atoms with van der Waals surface area (Å²) < 4.78 is 1.51. The summed E-state index contributed by atoms with van der Waals surface area (Å²) in [5.74, 6) is 0.310. The molecule has 1 fully saturated rings. The normalized spacial score (nSPS) is 16.6. The highest BCUT2D eigenvalue weighted by atomic mass is 35.5. The summed E-state index contributed by atoms with van der Waals surface area (Å²) in [4.78, 5) is 24.5. The zero-order valence-corrected chi connectivity index (χ0v) is 16.0. The molecule has 1 amide bonds. The first-order valence-corrected chi connectivity index (χ1v) is 8.94. The number of hydrogen-bond donors (Lipinski definition) is 2. The van der Waals surface area contributed by atoms with E-state index in [1.807, 2.05) is 18.2 Å². The van der Waals surface area contributed by atoms with Crippen LogP contribution < -0.4 is 16.2 Å². The number of nitrogens with zero attached hydrogens (tertiary/aromatic N) is 1. The Morgan fingerprint density at radius 3 is 2.81 bits per heavy atom. The third-order valence-corrected chi connectivity index (χ3v) is 4.86. The lowest BCUT2D eigenvalue weighted by Crippen LogP contribution is -2.38. The van der Waals surface area contributed by atoms with Crippen molar-refractivity contribution in [1.82, 2.24) is 15.2 Å². The van der Waals surface area contributed by atoms with Gasteiger partial charge in [-0.3, -0.25) is 9.59 Å². The number of rotatable bonds is 5. The van der Waals surface area contributed by atoms with Crippen LogP contribution in [0.3, 0.4) is 0 Å². The number of nitrogens with one attached hydrogen (secondary N) is 2. The number of aromatic nitrogens is 1. The Morgan fingerprint density at radius 2 is 2.08 bits per heavy atom. The van der Waals surface area contributed by atoms with E-state index in [0.29, 0.717) is 29.6 Å². The Kier molecular flexibility index (Phi) is 7.69. The number of piperidine rings is 1. The highest BCUT2D eigenvalue weighted by Gasteiger charge is 2.15. The van der Waals surface area contributed by atoms with Crippen LogP contribution >= 0.6 is 24.0 Å². The number of pyridine rings is 1. The van der Waals surface area contributed by atoms with E-state index in [9.17, 15) is 9.59 Å². The van der Waals surface area contributed by atoms with Crippen molar-refractivity contribution < 1.29 is 4.79 Å². The molecule has 3 rings (SSSR count). The number of carbonyl (C=O) groups excluding carboxylic acids is 1. The first-order valence-electron chi connectivity index (χ1n) is 8.56. The van der Waals surface area contributed by atoms with Gasteiger partial charge in [-0.2, -0.15) is 0 Å². The van der Waals surface area contributed by atoms with Crippen molar-refractivity contribution in [2.75, 3.05) is 19.6 Å². The molecule has 0 aliphatic carbocycles. The second kappa shape index (κ2) is 9.76. The Labute approximate surface area is 164 Å². The van der Waals surface area contributed by atoms with Crippen LogP contribution in [0.2, 0.25) is 5.02 Å². The molecule has 0 bridgehead atoms. The summed E-state index contributed by atoms with van der Waals surface area (Å²) in [6.07, 6.45) is 3.86. The van der Waals surface area contributed by atoms with Crippen molar-refractivity contribution in [3.8, 4) is 0 Å². The Bertz CT molecular complexity index is 801. The van der Waals surface area contributed by atoms with Crippen molar-refractivity contribution in [3.63, 3.8) is 0 Å². The molecule has 7 heteroatoms. The minimum absolute atomic E-state index is 0. The van der Waals surface area contributed by atoms with Gasteiger partial charge >= 0.3 is 0 Å². The second-order valence-electron chi connectivity index (χ2n) is 6.40. The third-order valence-electron chi connectivity index (χ3n) is 4.49. The summed E-state index contributed by atoms with van der Waals surface area (Å²) in [6, 6.07) is 10.4. The fourth-order valence-corrected chi connectivity index (χ4v) is 3.23. The molecule has 1 aromatic heterocycles. The first kappa shape index (κ1) is 20.5. The van der Waals surface area contributed by atoms with Crippen molar-refractivity contribution >= 4 is 29.9 Å². The smallest absolute Gasteiger partial charge is 0.252 e. The van der Waals surface area contributed by atoms with Crippen LogP contribution in [0.25, 0.3) is 0 Å². The van der Waals surface area contributed by atoms with Gasteiger partial charge in [-0.25, -0.2) is 0 Å². The minimum Gasteiger partial charge on any atom is -0.352 e. The largest absolute Gasteiger partial charge is 0.352 e. The molecule has 5 nitrogen and oxygen atoms in total. The molecule has 1 saturated heterocycles. The van der Waals surface area contributed by atoms with Gasteiger partial charge in [0, 0.05) is 23.8 Å². The third kappa shape index (κ3) is 5.34. The van der Waals surface area contributed by atoms with E-state index in [2.05, 4.69) is 10.6 Å². The van der Waals surface area contributed by atoms with Gasteiger partial charge in [-0.05, 0) is 49.5 Å². The van der Waals surface area contributed by atoms with Crippen LogP contribution in [0.1, 0.15) is 28.8 Å². The molecule has 26 heavy (non-hydrogen) atoms. The molecule has 1 aromatic carbocycles. The quantitative estimate of drug-likeness (QED) is 0.817. The van der Waals surface area contributed by atoms with E-state index in [1.54, 1.807) is 18.3 Å². The monoisotopic (exact) mass is 395 g/mol. The van der Waals surface area contributed by atoms with E-state index < -0.39 is 0 Å². The van der Waals surface area contributed by atoms with Crippen LogP contribution in [-0.2, 0) is 6.54 Å². The lowest BCUT2D eigenvalue weighted by atomic mass is 10.00. The predicted octanol–water partition coefficient (Wildman–Crippen LogP) is 2.70. The van der Waals surface area contributed by atoms with Crippen molar-refractivity contribution in [1.29, 1.82) is 0 Å². The van der Waals surface area contributed by atoms with E-state index in [0.717, 1.165) is 31.5 Å². The fourth-order valence-electron chi connectivity index (χ4n) is 3.04. The molecule has 1 atom stereocenters. The molecule has 2 N–H and O–H groups in total. The Morgan fingerprint density at radius 1 is 1.27 bits per heavy atom. The van der Waals surface area contributed by atoms with Gasteiger partial charge in [0.25, 0.3) is 11.5 Å². The molecule has 1 unspecified atom stereocenters. The van der Waals surface area contributed by atoms with Gasteiger partial charge in [0.05, 0.1) is 12.1 Å². The van der Waals surface area contributed by atoms with E-state index in [4.69, 9.17) is 11.6 Å². The van der Waals surface area contributed by atoms with Crippen molar-refractivity contribution in [2.45, 2.75) is 19.4 Å². The lowest BCUT2D eigenvalue weighted by molar-refractivity contribution is 0.0944. The summed E-state index contributed by atoms with van der Waals surface area (Å²) >= 11 is 6.16. The number of halogens is 2. The van der Waals surface area contributed by atoms with Gasteiger partial charge in [-0.1, -0.05) is 29.8 Å². The second-order valence-corrected chi connectivity index (χ2v) is 6.80. The van der Waals surface area contributed by atoms with Crippen LogP contribution in [0.5, 0.6) is 0 Å². The predicted molar refractivity (Wildman–Crippen MR) is 106 cm³/mol. The maximum absolute atomic E-state index is 12.4. The molecule has 0 radical (unpaired) electrons. The van der Waals surface area contributed by atoms with Gasteiger partial charge < -0.3 is 15.2 Å². The number of carbonyl (C=O) groups is 1. The Balaban J connectivity index is 0.00000243. The molecule has 0 saturated carbocycles. The molecule has 2 aromatic rings. The summed E-state index contributed by atoms with van der Waals surface area (Å²) in [7, 11) is 0. The zero-order chi connectivity index (χ0) is 17.6. The first-order chi connectivity index (χ1) is 12.1. The zero-order valence-electron chi connectivity index (χ0n) is 14.4. The van der Waals surface area contributed by atoms with E-state index in [-0.39, 0.29) is 23.9 Å². The maximum Gasteiger partial charge on any atom is 0.252 e. The highest BCUT2D eigenvalue weighted by molar-refractivity contribution is 6.31. The number of hydrogen-bond acceptors (Lipinski definition) is 3. The van der Waals surface area contributed by atoms with Crippen LogP contribution in [-0.4, -0.2) is 30.1 Å². The molecule has 2 heterocycles. The summed E-state index contributed by atoms with van der Waals surface area (Å²) in [5.41, 5.74) is 1.17. The molecule has 1 aliphatic rings. The summed E-state index contributed by atoms with van der Waals surface area (Å²) in [5, 5.41) is 6.91. The highest BCUT2D eigenvalue weighted by Crippen LogP contribution is 2.15. The standard InChI is InChI=1S/C19H22ClN3O2.ClH/c20-17-6-2-1-5-15(17)12-23-13-16(7-8-18(23)24)19(25)22-11-14-4-3-9-21-10-14;/h1-2,5-8,13-14,21H,3-4,9-12H2,(H,22,25);1H. The summed E-state index contributed by atoms with van der Waals surface area (Å²) in [6.45, 7) is 2.98. The van der Waals surface area contributed by atoms with Crippen molar-refractivity contribution in [2.24, 2.45) is 5.92 Å². The lowest BCUT2D eigenvalue weighted by Gasteiger charge is -2.22. The molecular formula is C19H23Cl2N3O2. The van der Waals surface area contributed by atoms with Crippen LogP contribution in [0.4, 0.5) is 0 Å². The average Bonchev–Trinajstić information content (AvgIpc) is 2.64. The molecule has 0 spiro atoms. The molecular weight excluding hydrogens is 373 g/mol. The average molecular weight is 396 g/mol. The Hall–Kier alpha value is -1.82. The SMILES string of the molecule is Cl.O=C(NCC1CCCNC1)c1ccc(=O)n(Cc2ccccc2Cl)c1. The van der Waals surface area contributed by atoms with Crippen LogP contribution in [0.15, 0.2) is 47.4 Å². The van der Waals surface area contributed by atoms with Gasteiger partial charge in [0.2, 0.25) is 0 Å².